The lowest BCUT2D eigenvalue weighted by Gasteiger charge is -2.35. The van der Waals surface area contributed by atoms with E-state index < -0.39 is 5.97 Å². The van der Waals surface area contributed by atoms with Crippen molar-refractivity contribution >= 4 is 11.9 Å². The van der Waals surface area contributed by atoms with Gasteiger partial charge in [-0.1, -0.05) is 30.3 Å². The fraction of sp³-hybridized carbons (Fsp3) is 0.391. The predicted molar refractivity (Wildman–Crippen MR) is 110 cm³/mol. The number of rotatable bonds is 8. The standard InChI is InChI=1S/C23H27NO6/c1-17-12-24(13-18(2)30-17)22(25)15-29-23(26)16-28-21-10-8-20(9-11-21)27-14-19-6-4-3-5-7-19/h3-11,17-18H,12-16H2,1-2H3/t17-,18+. The van der Waals surface area contributed by atoms with Crippen molar-refractivity contribution in [3.05, 3.63) is 60.2 Å². The topological polar surface area (TPSA) is 74.3 Å². The van der Waals surface area contributed by atoms with Crippen LogP contribution in [0.15, 0.2) is 54.6 Å². The van der Waals surface area contributed by atoms with Gasteiger partial charge in [0.25, 0.3) is 5.91 Å². The van der Waals surface area contributed by atoms with E-state index >= 15 is 0 Å². The first kappa shape index (κ1) is 21.6. The minimum absolute atomic E-state index is 0.0311. The van der Waals surface area contributed by atoms with Crippen molar-refractivity contribution < 1.29 is 28.5 Å². The summed E-state index contributed by atoms with van der Waals surface area (Å²) < 4.78 is 21.8. The van der Waals surface area contributed by atoms with Gasteiger partial charge in [-0.2, -0.15) is 0 Å². The normalized spacial score (nSPS) is 18.5. The molecule has 2 atom stereocenters. The van der Waals surface area contributed by atoms with Crippen LogP contribution in [0.25, 0.3) is 0 Å². The Hall–Kier alpha value is -3.06. The number of morpholine rings is 1. The van der Waals surface area contributed by atoms with Crippen LogP contribution in [-0.4, -0.2) is 55.3 Å². The van der Waals surface area contributed by atoms with Crippen LogP contribution >= 0.6 is 0 Å². The Labute approximate surface area is 176 Å². The second-order valence-electron chi connectivity index (χ2n) is 7.25. The molecule has 0 N–H and O–H groups in total. The zero-order chi connectivity index (χ0) is 21.3. The van der Waals surface area contributed by atoms with E-state index in [2.05, 4.69) is 0 Å². The van der Waals surface area contributed by atoms with Crippen LogP contribution in [0.3, 0.4) is 0 Å². The molecule has 0 bridgehead atoms. The van der Waals surface area contributed by atoms with Gasteiger partial charge in [-0.05, 0) is 43.7 Å². The van der Waals surface area contributed by atoms with Crippen molar-refractivity contribution in [2.75, 3.05) is 26.3 Å². The molecular weight excluding hydrogens is 386 g/mol. The second kappa shape index (κ2) is 10.6. The third kappa shape index (κ3) is 6.77. The number of ether oxygens (including phenoxy) is 4. The lowest BCUT2D eigenvalue weighted by molar-refractivity contribution is -0.158. The molecule has 1 aliphatic rings. The van der Waals surface area contributed by atoms with Gasteiger partial charge in [0.1, 0.15) is 18.1 Å². The highest BCUT2D eigenvalue weighted by Crippen LogP contribution is 2.19. The van der Waals surface area contributed by atoms with Crippen LogP contribution in [-0.2, 0) is 25.7 Å². The average Bonchev–Trinajstić information content (AvgIpc) is 2.75. The molecule has 1 fully saturated rings. The Morgan fingerprint density at radius 1 is 0.900 bits per heavy atom. The highest BCUT2D eigenvalue weighted by atomic mass is 16.6. The molecular formula is C23H27NO6. The minimum atomic E-state index is -0.595. The third-order valence-corrected chi connectivity index (χ3v) is 4.56. The van der Waals surface area contributed by atoms with Gasteiger partial charge in [0.2, 0.25) is 0 Å². The van der Waals surface area contributed by atoms with Crippen molar-refractivity contribution in [1.82, 2.24) is 4.90 Å². The summed E-state index contributed by atoms with van der Waals surface area (Å²) in [5.74, 6) is 0.391. The number of nitrogens with zero attached hydrogens (tertiary/aromatic N) is 1. The quantitative estimate of drug-likeness (QED) is 0.620. The molecule has 30 heavy (non-hydrogen) atoms. The number of hydrogen-bond donors (Lipinski definition) is 0. The Morgan fingerprint density at radius 3 is 2.13 bits per heavy atom. The van der Waals surface area contributed by atoms with E-state index in [1.807, 2.05) is 44.2 Å². The van der Waals surface area contributed by atoms with E-state index in [4.69, 9.17) is 18.9 Å². The molecule has 0 spiro atoms. The monoisotopic (exact) mass is 413 g/mol. The molecule has 7 heteroatoms. The third-order valence-electron chi connectivity index (χ3n) is 4.56. The first-order valence-corrected chi connectivity index (χ1v) is 9.98. The Balaban J connectivity index is 1.36. The summed E-state index contributed by atoms with van der Waals surface area (Å²) in [6, 6.07) is 16.9. The molecule has 0 aromatic heterocycles. The van der Waals surface area contributed by atoms with Crippen molar-refractivity contribution in [3.8, 4) is 11.5 Å². The van der Waals surface area contributed by atoms with Gasteiger partial charge < -0.3 is 23.8 Å². The maximum atomic E-state index is 12.2. The van der Waals surface area contributed by atoms with Crippen molar-refractivity contribution in [3.63, 3.8) is 0 Å². The smallest absolute Gasteiger partial charge is 0.344 e. The van der Waals surface area contributed by atoms with Gasteiger partial charge in [0.15, 0.2) is 13.2 Å². The lowest BCUT2D eigenvalue weighted by Crippen LogP contribution is -2.49. The van der Waals surface area contributed by atoms with E-state index in [1.165, 1.54) is 0 Å². The van der Waals surface area contributed by atoms with Gasteiger partial charge >= 0.3 is 5.97 Å². The summed E-state index contributed by atoms with van der Waals surface area (Å²) in [4.78, 5) is 25.8. The van der Waals surface area contributed by atoms with Crippen molar-refractivity contribution in [1.29, 1.82) is 0 Å². The highest BCUT2D eigenvalue weighted by molar-refractivity contribution is 5.81. The zero-order valence-corrected chi connectivity index (χ0v) is 17.3. The van der Waals surface area contributed by atoms with E-state index in [9.17, 15) is 9.59 Å². The summed E-state index contributed by atoms with van der Waals surface area (Å²) in [5.41, 5.74) is 1.08. The summed E-state index contributed by atoms with van der Waals surface area (Å²) in [6.07, 6.45) is -0.0623. The molecule has 1 heterocycles. The van der Waals surface area contributed by atoms with E-state index in [-0.39, 0.29) is 31.3 Å². The predicted octanol–water partition coefficient (Wildman–Crippen LogP) is 2.82. The van der Waals surface area contributed by atoms with Crippen LogP contribution in [0.5, 0.6) is 11.5 Å². The Bertz CT molecular complexity index is 813. The molecule has 1 aliphatic heterocycles. The Morgan fingerprint density at radius 2 is 1.50 bits per heavy atom. The van der Waals surface area contributed by atoms with Crippen LogP contribution in [0, 0.1) is 0 Å². The molecule has 0 aliphatic carbocycles. The highest BCUT2D eigenvalue weighted by Gasteiger charge is 2.26. The fourth-order valence-corrected chi connectivity index (χ4v) is 3.17. The minimum Gasteiger partial charge on any atom is -0.489 e. The molecule has 0 unspecified atom stereocenters. The first-order chi connectivity index (χ1) is 14.5. The van der Waals surface area contributed by atoms with Crippen molar-refractivity contribution in [2.45, 2.75) is 32.7 Å². The lowest BCUT2D eigenvalue weighted by atomic mass is 10.2. The molecule has 3 rings (SSSR count). The fourth-order valence-electron chi connectivity index (χ4n) is 3.17. The molecule has 1 amide bonds. The van der Waals surface area contributed by atoms with Gasteiger partial charge in [-0.25, -0.2) is 4.79 Å². The maximum absolute atomic E-state index is 12.2. The molecule has 2 aromatic carbocycles. The van der Waals surface area contributed by atoms with Gasteiger partial charge in [0, 0.05) is 13.1 Å². The molecule has 1 saturated heterocycles. The number of amides is 1. The molecule has 7 nitrogen and oxygen atoms in total. The molecule has 0 saturated carbocycles. The summed E-state index contributed by atoms with van der Waals surface area (Å²) >= 11 is 0. The summed E-state index contributed by atoms with van der Waals surface area (Å²) in [6.45, 7) is 4.72. The molecule has 2 aromatic rings. The SMILES string of the molecule is C[C@@H]1CN(C(=O)COC(=O)COc2ccc(OCc3ccccc3)cc2)C[C@H](C)O1. The van der Waals surface area contributed by atoms with E-state index in [0.717, 1.165) is 5.56 Å². The van der Waals surface area contributed by atoms with Crippen molar-refractivity contribution in [2.24, 2.45) is 0 Å². The number of hydrogen-bond acceptors (Lipinski definition) is 6. The largest absolute Gasteiger partial charge is 0.489 e. The number of carbonyl (C=O) groups excluding carboxylic acids is 2. The second-order valence-corrected chi connectivity index (χ2v) is 7.25. The first-order valence-electron chi connectivity index (χ1n) is 9.98. The van der Waals surface area contributed by atoms with Gasteiger partial charge in [-0.15, -0.1) is 0 Å². The summed E-state index contributed by atoms with van der Waals surface area (Å²) in [7, 11) is 0. The van der Waals surface area contributed by atoms with Crippen LogP contribution in [0.4, 0.5) is 0 Å². The van der Waals surface area contributed by atoms with E-state index in [1.54, 1.807) is 29.2 Å². The number of benzene rings is 2. The number of esters is 1. The summed E-state index contributed by atoms with van der Waals surface area (Å²) in [5, 5.41) is 0. The Kier molecular flexibility index (Phi) is 7.68. The number of carbonyl (C=O) groups is 2. The van der Waals surface area contributed by atoms with Gasteiger partial charge in [0.05, 0.1) is 12.2 Å². The zero-order valence-electron chi connectivity index (χ0n) is 17.3. The van der Waals surface area contributed by atoms with E-state index in [0.29, 0.717) is 31.2 Å². The van der Waals surface area contributed by atoms with Gasteiger partial charge in [-0.3, -0.25) is 4.79 Å². The van der Waals surface area contributed by atoms with Crippen LogP contribution in [0.2, 0.25) is 0 Å². The maximum Gasteiger partial charge on any atom is 0.344 e. The molecule has 160 valence electrons. The molecule has 0 radical (unpaired) electrons. The average molecular weight is 413 g/mol. The van der Waals surface area contributed by atoms with Crippen LogP contribution in [0.1, 0.15) is 19.4 Å². The van der Waals surface area contributed by atoms with Crippen LogP contribution < -0.4 is 9.47 Å².